The van der Waals surface area contributed by atoms with Crippen molar-refractivity contribution < 1.29 is 38.3 Å². The number of thiophene rings is 1. The van der Waals surface area contributed by atoms with Gasteiger partial charge in [0.05, 0.1) is 6.07 Å². The van der Waals surface area contributed by atoms with Crippen molar-refractivity contribution in [2.75, 3.05) is 21.1 Å². The number of hydrogen-bond acceptors (Lipinski definition) is 10. The van der Waals surface area contributed by atoms with E-state index in [1.54, 1.807) is 0 Å². The van der Waals surface area contributed by atoms with Crippen molar-refractivity contribution in [2.24, 2.45) is 23.7 Å². The van der Waals surface area contributed by atoms with E-state index in [2.05, 4.69) is 29.8 Å². The van der Waals surface area contributed by atoms with Gasteiger partial charge in [0, 0.05) is 45.1 Å². The normalized spacial score (nSPS) is 24.3. The first kappa shape index (κ1) is 57.3. The van der Waals surface area contributed by atoms with E-state index in [9.17, 15) is 38.8 Å². The molecular formula is C52H81N7O8S. The molecule has 1 fully saturated rings. The van der Waals surface area contributed by atoms with Crippen LogP contribution in [0.25, 0.3) is 10.1 Å². The highest BCUT2D eigenvalue weighted by Gasteiger charge is 2.41. The van der Waals surface area contributed by atoms with Crippen molar-refractivity contribution in [3.05, 3.63) is 35.2 Å². The van der Waals surface area contributed by atoms with Gasteiger partial charge in [0.15, 0.2) is 6.10 Å². The predicted molar refractivity (Wildman–Crippen MR) is 267 cm³/mol. The van der Waals surface area contributed by atoms with Crippen LogP contribution in [-0.2, 0) is 44.7 Å². The number of benzene rings is 1. The van der Waals surface area contributed by atoms with Crippen molar-refractivity contribution in [3.63, 3.8) is 0 Å². The number of carbonyl (C=O) groups is 7. The van der Waals surface area contributed by atoms with E-state index in [0.717, 1.165) is 54.2 Å². The number of nitrogens with zero attached hydrogens (tertiary/aromatic N) is 4. The third kappa shape index (κ3) is 16.6. The summed E-state index contributed by atoms with van der Waals surface area (Å²) < 4.78 is 6.82. The summed E-state index contributed by atoms with van der Waals surface area (Å²) in [5.74, 6) is -4.67. The minimum atomic E-state index is -1.49. The van der Waals surface area contributed by atoms with E-state index in [0.29, 0.717) is 0 Å². The number of hydrogen-bond donors (Lipinski definition) is 3. The molecule has 6 amide bonds. The number of likely N-dealkylation sites (N-methyl/N-ethyl adjacent to an activating group) is 3. The molecule has 1 aliphatic rings. The number of carbonyl (C=O) groups excluding carboxylic acids is 7. The predicted octanol–water partition coefficient (Wildman–Crippen LogP) is 7.15. The smallest absolute Gasteiger partial charge is 0.329 e. The molecule has 9 atom stereocenters. The monoisotopic (exact) mass is 964 g/mol. The minimum Gasteiger partial charge on any atom is -0.451 e. The molecule has 1 saturated heterocycles. The van der Waals surface area contributed by atoms with Crippen molar-refractivity contribution >= 4 is 62.8 Å². The highest BCUT2D eigenvalue weighted by Crippen LogP contribution is 2.28. The summed E-state index contributed by atoms with van der Waals surface area (Å²) in [6.07, 6.45) is 4.39. The molecule has 3 rings (SSSR count). The largest absolute Gasteiger partial charge is 0.451 e. The Morgan fingerprint density at radius 2 is 1.16 bits per heavy atom. The Balaban J connectivity index is 2.29. The highest BCUT2D eigenvalue weighted by molar-refractivity contribution is 7.17. The van der Waals surface area contributed by atoms with Crippen LogP contribution in [0.3, 0.4) is 0 Å². The summed E-state index contributed by atoms with van der Waals surface area (Å²) in [7, 11) is 4.49. The molecule has 0 bridgehead atoms. The van der Waals surface area contributed by atoms with Crippen LogP contribution in [0.5, 0.6) is 0 Å². The lowest BCUT2D eigenvalue weighted by molar-refractivity contribution is -0.163. The Kier molecular flexibility index (Phi) is 23.4. The number of unbranched alkanes of at least 4 members (excludes halogenated alkanes) is 2. The lowest BCUT2D eigenvalue weighted by Crippen LogP contribution is -2.60. The molecule has 0 radical (unpaired) electrons. The van der Waals surface area contributed by atoms with E-state index in [-0.39, 0.29) is 68.6 Å². The van der Waals surface area contributed by atoms with Crippen molar-refractivity contribution in [3.8, 4) is 6.07 Å². The van der Waals surface area contributed by atoms with E-state index in [1.165, 1.54) is 54.1 Å². The highest BCUT2D eigenvalue weighted by atomic mass is 32.1. The van der Waals surface area contributed by atoms with Crippen LogP contribution in [-0.4, -0.2) is 120 Å². The Labute approximate surface area is 409 Å². The second kappa shape index (κ2) is 27.8. The number of cyclic esters (lactones) is 1. The Morgan fingerprint density at radius 3 is 1.69 bits per heavy atom. The molecule has 378 valence electrons. The lowest BCUT2D eigenvalue weighted by atomic mass is 9.94. The molecule has 3 N–H and O–H groups in total. The van der Waals surface area contributed by atoms with Gasteiger partial charge < -0.3 is 35.4 Å². The maximum atomic E-state index is 15.0. The van der Waals surface area contributed by atoms with Crippen molar-refractivity contribution in [1.29, 1.82) is 5.26 Å². The molecule has 0 aliphatic carbocycles. The van der Waals surface area contributed by atoms with Gasteiger partial charge in [-0.05, 0) is 78.7 Å². The first-order valence-electron chi connectivity index (χ1n) is 24.9. The van der Waals surface area contributed by atoms with Gasteiger partial charge in [0.25, 0.3) is 5.91 Å². The average Bonchev–Trinajstić information content (AvgIpc) is 3.71. The van der Waals surface area contributed by atoms with Gasteiger partial charge in [-0.2, -0.15) is 5.26 Å². The van der Waals surface area contributed by atoms with Gasteiger partial charge in [0.2, 0.25) is 29.5 Å². The maximum absolute atomic E-state index is 15.0. The molecule has 15 nitrogen and oxygen atoms in total. The van der Waals surface area contributed by atoms with E-state index in [1.807, 2.05) is 77.3 Å². The average molecular weight is 964 g/mol. The standard InChI is InChI=1S/C52H81N7O8S/c1-13-15-20-34(7)28-40-49(63)57(10)36(9)52(66)67-44(23-19-25-53)48(62)56-41(29-35(8)21-16-14-2)51(65)58(11)42(27-33(5)6)46(60)54-39(26-32(3)4)50(64)59(12)43(47(61)55-40)30-37-31-68-45-24-18-17-22-38(37)45/h17-18,22,24,31-36,39-44H,13-16,19-21,23,26-30H2,1-12H3,(H,54,60)(H,55,61)(H,56,62)/t34-,35-,36+,39+,40+,41+,42+,43+,44-/m1/s1. The molecule has 1 aromatic heterocycles. The molecule has 0 saturated carbocycles. The fourth-order valence-corrected chi connectivity index (χ4v) is 9.82. The topological polar surface area (TPSA) is 198 Å². The summed E-state index contributed by atoms with van der Waals surface area (Å²) in [5, 5.41) is 21.3. The zero-order valence-corrected chi connectivity index (χ0v) is 43.7. The van der Waals surface area contributed by atoms with Gasteiger partial charge in [-0.1, -0.05) is 112 Å². The minimum absolute atomic E-state index is 0.0186. The zero-order chi connectivity index (χ0) is 50.8. The van der Waals surface area contributed by atoms with Gasteiger partial charge in [-0.15, -0.1) is 11.3 Å². The molecule has 2 aromatic rings. The van der Waals surface area contributed by atoms with Crippen LogP contribution >= 0.6 is 11.3 Å². The van der Waals surface area contributed by atoms with Crippen LogP contribution < -0.4 is 16.0 Å². The summed E-state index contributed by atoms with van der Waals surface area (Å²) in [5.41, 5.74) is 0.831. The first-order valence-corrected chi connectivity index (χ1v) is 25.8. The van der Waals surface area contributed by atoms with Crippen LogP contribution in [0.2, 0.25) is 0 Å². The number of nitrogens with one attached hydrogen (secondary N) is 3. The second-order valence-electron chi connectivity index (χ2n) is 20.0. The van der Waals surface area contributed by atoms with E-state index < -0.39 is 83.8 Å². The SMILES string of the molecule is CCCC[C@@H](C)C[C@@H]1NC(=O)[C@H](Cc2csc3ccccc23)N(C)C(=O)[C@H](CC(C)C)NC(=O)[C@H](CC(C)C)N(C)C(=O)[C@H](C[C@H](C)CCCC)NC(=O)[C@@H](CCC#N)OC(=O)[C@H](C)N(C)C1=O. The van der Waals surface area contributed by atoms with Crippen molar-refractivity contribution in [2.45, 2.75) is 188 Å². The first-order chi connectivity index (χ1) is 32.1. The number of fused-ring (bicyclic) bond motifs is 1. The maximum Gasteiger partial charge on any atom is 0.329 e. The zero-order valence-electron chi connectivity index (χ0n) is 42.9. The van der Waals surface area contributed by atoms with E-state index >= 15 is 0 Å². The van der Waals surface area contributed by atoms with Crippen LogP contribution in [0, 0.1) is 35.0 Å². The Morgan fingerprint density at radius 1 is 0.676 bits per heavy atom. The number of ether oxygens (including phenoxy) is 1. The molecule has 68 heavy (non-hydrogen) atoms. The number of nitriles is 1. The Bertz CT molecular complexity index is 2050. The van der Waals surface area contributed by atoms with Gasteiger partial charge >= 0.3 is 5.97 Å². The summed E-state index contributed by atoms with van der Waals surface area (Å²) >= 11 is 1.52. The quantitative estimate of drug-likeness (QED) is 0.130. The molecule has 0 spiro atoms. The third-order valence-corrected chi connectivity index (χ3v) is 14.2. The van der Waals surface area contributed by atoms with Gasteiger partial charge in [-0.3, -0.25) is 28.8 Å². The molecule has 16 heteroatoms. The second-order valence-corrected chi connectivity index (χ2v) is 21.0. The molecule has 2 heterocycles. The molecule has 0 unspecified atom stereocenters. The Hall–Kier alpha value is -5.04. The third-order valence-electron chi connectivity index (χ3n) is 13.2. The van der Waals surface area contributed by atoms with Crippen LogP contribution in [0.4, 0.5) is 0 Å². The summed E-state index contributed by atoms with van der Waals surface area (Å²) in [6.45, 7) is 17.3. The fourth-order valence-electron chi connectivity index (χ4n) is 8.85. The molecular weight excluding hydrogens is 883 g/mol. The van der Waals surface area contributed by atoms with Crippen LogP contribution in [0.15, 0.2) is 29.6 Å². The summed E-state index contributed by atoms with van der Waals surface area (Å²) in [6, 6.07) is 3.01. The lowest BCUT2D eigenvalue weighted by Gasteiger charge is -2.35. The van der Waals surface area contributed by atoms with Gasteiger partial charge in [0.1, 0.15) is 36.3 Å². The number of amides is 6. The number of rotatable bonds is 18. The van der Waals surface area contributed by atoms with Crippen molar-refractivity contribution in [1.82, 2.24) is 30.7 Å². The molecule has 1 aromatic carbocycles. The summed E-state index contributed by atoms with van der Waals surface area (Å²) in [4.78, 5) is 106. The van der Waals surface area contributed by atoms with Gasteiger partial charge in [-0.25, -0.2) is 4.79 Å². The fraction of sp³-hybridized carbons (Fsp3) is 0.692. The molecule has 1 aliphatic heterocycles. The van der Waals surface area contributed by atoms with Crippen LogP contribution in [0.1, 0.15) is 145 Å². The number of esters is 1. The van der Waals surface area contributed by atoms with E-state index in [4.69, 9.17) is 4.74 Å².